The number of para-hydroxylation sites is 1. The number of carboxylic acids is 1. The van der Waals surface area contributed by atoms with Gasteiger partial charge < -0.3 is 10.1 Å². The van der Waals surface area contributed by atoms with Crippen molar-refractivity contribution in [3.05, 3.63) is 59.2 Å². The Bertz CT molecular complexity index is 926. The summed E-state index contributed by atoms with van der Waals surface area (Å²) in [6.07, 6.45) is -4.88. The smallest absolute Gasteiger partial charge is 0.417 e. The lowest BCUT2D eigenvalue weighted by Gasteiger charge is -2.13. The van der Waals surface area contributed by atoms with Crippen LogP contribution in [0, 0.1) is 6.92 Å². The summed E-state index contributed by atoms with van der Waals surface area (Å²) in [5.74, 6) is -1.09. The van der Waals surface area contributed by atoms with Gasteiger partial charge in [0.05, 0.1) is 17.7 Å². The molecule has 0 spiro atoms. The molecule has 0 radical (unpaired) electrons. The van der Waals surface area contributed by atoms with Gasteiger partial charge in [-0.2, -0.15) is 13.2 Å². The number of halogens is 3. The van der Waals surface area contributed by atoms with E-state index in [0.29, 0.717) is 16.5 Å². The molecule has 0 aliphatic heterocycles. The van der Waals surface area contributed by atoms with Crippen molar-refractivity contribution in [1.82, 2.24) is 4.98 Å². The molecule has 6 heteroatoms. The topological polar surface area (TPSA) is 53.1 Å². The summed E-state index contributed by atoms with van der Waals surface area (Å²) in [5.41, 5.74) is 1.22. The molecule has 2 aromatic carbocycles. The number of alkyl halides is 3. The van der Waals surface area contributed by atoms with Crippen molar-refractivity contribution in [1.29, 1.82) is 0 Å². The van der Waals surface area contributed by atoms with Crippen molar-refractivity contribution in [3.63, 3.8) is 0 Å². The van der Waals surface area contributed by atoms with Crippen LogP contribution in [0.15, 0.2) is 42.5 Å². The van der Waals surface area contributed by atoms with E-state index in [4.69, 9.17) is 0 Å². The number of aromatic nitrogens is 1. The van der Waals surface area contributed by atoms with Gasteiger partial charge in [-0.3, -0.25) is 4.79 Å². The minimum Gasteiger partial charge on any atom is -0.481 e. The molecule has 0 unspecified atom stereocenters. The Morgan fingerprint density at radius 3 is 2.50 bits per heavy atom. The van der Waals surface area contributed by atoms with Gasteiger partial charge in [0.25, 0.3) is 0 Å². The van der Waals surface area contributed by atoms with E-state index >= 15 is 0 Å². The summed E-state index contributed by atoms with van der Waals surface area (Å²) in [7, 11) is 0. The van der Waals surface area contributed by atoms with Gasteiger partial charge in [-0.25, -0.2) is 0 Å². The van der Waals surface area contributed by atoms with E-state index in [1.807, 2.05) is 13.0 Å². The maximum Gasteiger partial charge on any atom is 0.417 e. The van der Waals surface area contributed by atoms with Crippen molar-refractivity contribution < 1.29 is 23.1 Å². The first-order valence-electron chi connectivity index (χ1n) is 7.27. The highest BCUT2D eigenvalue weighted by molar-refractivity contribution is 5.95. The zero-order chi connectivity index (χ0) is 17.5. The standard InChI is InChI=1S/C18H14F3NO2/c1-10-5-4-7-11-13(9-15(23)24)17(22-16(10)11)12-6-2-3-8-14(12)18(19,20)21/h2-8,22H,9H2,1H3,(H,23,24). The fraction of sp³-hybridized carbons (Fsp3) is 0.167. The molecule has 0 amide bonds. The predicted octanol–water partition coefficient (Wildman–Crippen LogP) is 4.79. The molecule has 3 nitrogen and oxygen atoms in total. The third kappa shape index (κ3) is 2.75. The number of benzene rings is 2. The number of hydrogen-bond acceptors (Lipinski definition) is 1. The van der Waals surface area contributed by atoms with Crippen molar-refractivity contribution in [3.8, 4) is 11.3 Å². The molecule has 0 aliphatic carbocycles. The summed E-state index contributed by atoms with van der Waals surface area (Å²) in [4.78, 5) is 14.2. The van der Waals surface area contributed by atoms with E-state index in [-0.39, 0.29) is 17.7 Å². The van der Waals surface area contributed by atoms with Gasteiger partial charge in [0.15, 0.2) is 0 Å². The molecule has 1 aromatic heterocycles. The third-order valence-electron chi connectivity index (χ3n) is 3.98. The normalized spacial score (nSPS) is 11.8. The van der Waals surface area contributed by atoms with E-state index in [2.05, 4.69) is 4.98 Å². The van der Waals surface area contributed by atoms with Gasteiger partial charge in [0.2, 0.25) is 0 Å². The third-order valence-corrected chi connectivity index (χ3v) is 3.98. The van der Waals surface area contributed by atoms with Gasteiger partial charge in [-0.05, 0) is 24.1 Å². The largest absolute Gasteiger partial charge is 0.481 e. The second-order valence-corrected chi connectivity index (χ2v) is 5.59. The van der Waals surface area contributed by atoms with Gasteiger partial charge in [-0.15, -0.1) is 0 Å². The molecule has 0 fully saturated rings. The van der Waals surface area contributed by atoms with Crippen LogP contribution in [0.5, 0.6) is 0 Å². The highest BCUT2D eigenvalue weighted by atomic mass is 19.4. The molecular weight excluding hydrogens is 319 g/mol. The first kappa shape index (κ1) is 16.1. The van der Waals surface area contributed by atoms with Crippen molar-refractivity contribution in [2.45, 2.75) is 19.5 Å². The number of H-pyrrole nitrogens is 1. The Labute approximate surface area is 135 Å². The zero-order valence-electron chi connectivity index (χ0n) is 12.7. The molecule has 1 heterocycles. The van der Waals surface area contributed by atoms with E-state index in [1.54, 1.807) is 12.1 Å². The van der Waals surface area contributed by atoms with E-state index in [9.17, 15) is 23.1 Å². The number of nitrogens with one attached hydrogen (secondary N) is 1. The first-order valence-corrected chi connectivity index (χ1v) is 7.27. The van der Waals surface area contributed by atoms with Gasteiger partial charge >= 0.3 is 12.1 Å². The Kier molecular flexibility index (Phi) is 3.83. The molecule has 0 aliphatic rings. The SMILES string of the molecule is Cc1cccc2c(CC(=O)O)c(-c3ccccc3C(F)(F)F)[nH]c12. The minimum absolute atomic E-state index is 0.0446. The van der Waals surface area contributed by atoms with E-state index < -0.39 is 17.7 Å². The number of hydrogen-bond donors (Lipinski definition) is 2. The summed E-state index contributed by atoms with van der Waals surface area (Å²) in [6, 6.07) is 10.5. The number of aromatic amines is 1. The fourth-order valence-electron chi connectivity index (χ4n) is 2.93. The van der Waals surface area contributed by atoms with Crippen LogP contribution in [0.25, 0.3) is 22.2 Å². The molecule has 124 valence electrons. The van der Waals surface area contributed by atoms with Crippen molar-refractivity contribution >= 4 is 16.9 Å². The summed E-state index contributed by atoms with van der Waals surface area (Å²) >= 11 is 0. The maximum atomic E-state index is 13.3. The average Bonchev–Trinajstić information content (AvgIpc) is 2.86. The average molecular weight is 333 g/mol. The van der Waals surface area contributed by atoms with Gasteiger partial charge in [-0.1, -0.05) is 36.4 Å². The Hall–Kier alpha value is -2.76. The lowest BCUT2D eigenvalue weighted by atomic mass is 9.98. The molecular formula is C18H14F3NO2. The Morgan fingerprint density at radius 2 is 1.83 bits per heavy atom. The Balaban J connectivity index is 2.35. The zero-order valence-corrected chi connectivity index (χ0v) is 12.7. The molecule has 0 saturated heterocycles. The fourth-order valence-corrected chi connectivity index (χ4v) is 2.93. The summed E-state index contributed by atoms with van der Waals surface area (Å²) < 4.78 is 40.0. The van der Waals surface area contributed by atoms with Crippen molar-refractivity contribution in [2.75, 3.05) is 0 Å². The van der Waals surface area contributed by atoms with Gasteiger partial charge in [0.1, 0.15) is 0 Å². The van der Waals surface area contributed by atoms with E-state index in [0.717, 1.165) is 11.6 Å². The molecule has 0 atom stereocenters. The van der Waals surface area contributed by atoms with Crippen LogP contribution in [0.1, 0.15) is 16.7 Å². The first-order chi connectivity index (χ1) is 11.3. The molecule has 0 saturated carbocycles. The second-order valence-electron chi connectivity index (χ2n) is 5.59. The van der Waals surface area contributed by atoms with Crippen LogP contribution >= 0.6 is 0 Å². The molecule has 3 rings (SSSR count). The highest BCUT2D eigenvalue weighted by Crippen LogP contribution is 2.40. The molecule has 2 N–H and O–H groups in total. The molecule has 0 bridgehead atoms. The van der Waals surface area contributed by atoms with Crippen LogP contribution in [0.4, 0.5) is 13.2 Å². The lowest BCUT2D eigenvalue weighted by Crippen LogP contribution is -2.08. The monoisotopic (exact) mass is 333 g/mol. The predicted molar refractivity (Wildman–Crippen MR) is 84.8 cm³/mol. The van der Waals surface area contributed by atoms with Crippen LogP contribution in [-0.4, -0.2) is 16.1 Å². The van der Waals surface area contributed by atoms with E-state index in [1.165, 1.54) is 18.2 Å². The molecule has 24 heavy (non-hydrogen) atoms. The molecule has 3 aromatic rings. The second kappa shape index (κ2) is 5.70. The van der Waals surface area contributed by atoms with Crippen LogP contribution in [0.2, 0.25) is 0 Å². The van der Waals surface area contributed by atoms with Crippen molar-refractivity contribution in [2.24, 2.45) is 0 Å². The number of carbonyl (C=O) groups is 1. The summed E-state index contributed by atoms with van der Waals surface area (Å²) in [6.45, 7) is 1.82. The number of rotatable bonds is 3. The summed E-state index contributed by atoms with van der Waals surface area (Å²) in [5, 5.41) is 9.81. The quantitative estimate of drug-likeness (QED) is 0.724. The van der Waals surface area contributed by atoms with Crippen LogP contribution in [0.3, 0.4) is 0 Å². The number of fused-ring (bicyclic) bond motifs is 1. The highest BCUT2D eigenvalue weighted by Gasteiger charge is 2.34. The number of carboxylic acid groups (broad SMARTS) is 1. The van der Waals surface area contributed by atoms with Crippen LogP contribution < -0.4 is 0 Å². The van der Waals surface area contributed by atoms with Gasteiger partial charge in [0, 0.05) is 16.5 Å². The lowest BCUT2D eigenvalue weighted by molar-refractivity contribution is -0.137. The number of aliphatic carboxylic acids is 1. The minimum atomic E-state index is -4.52. The maximum absolute atomic E-state index is 13.3. The number of aryl methyl sites for hydroxylation is 1. The van der Waals surface area contributed by atoms with Crippen LogP contribution in [-0.2, 0) is 17.4 Å². The Morgan fingerprint density at radius 1 is 1.12 bits per heavy atom.